The molecule has 0 bridgehead atoms. The van der Waals surface area contributed by atoms with Gasteiger partial charge in [-0.2, -0.15) is 0 Å². The van der Waals surface area contributed by atoms with Crippen molar-refractivity contribution in [1.29, 1.82) is 0 Å². The van der Waals surface area contributed by atoms with Gasteiger partial charge in [-0.25, -0.2) is 0 Å². The Bertz CT molecular complexity index is 207. The molecule has 2 unspecified atom stereocenters. The number of nitrogens with zero attached hydrogens (tertiary/aromatic N) is 1. The third-order valence-electron chi connectivity index (χ3n) is 3.57. The van der Waals surface area contributed by atoms with Crippen LogP contribution in [0.2, 0.25) is 0 Å². The zero-order chi connectivity index (χ0) is 10.2. The van der Waals surface area contributed by atoms with Crippen molar-refractivity contribution in [2.45, 2.75) is 32.4 Å². The molecule has 2 aliphatic heterocycles. The molecule has 0 saturated carbocycles. The fourth-order valence-electron chi connectivity index (χ4n) is 2.58. The molecule has 0 aliphatic carbocycles. The highest BCUT2D eigenvalue weighted by atomic mass is 16.5. The second-order valence-electron chi connectivity index (χ2n) is 4.98. The topological polar surface area (TPSA) is 21.7 Å². The second-order valence-corrected chi connectivity index (χ2v) is 4.98. The lowest BCUT2D eigenvalue weighted by molar-refractivity contribution is -0.000862. The van der Waals surface area contributed by atoms with E-state index < -0.39 is 0 Å². The molecule has 2 aliphatic rings. The molecule has 2 rings (SSSR count). The Morgan fingerprint density at radius 2 is 2.36 bits per heavy atom. The normalized spacial score (nSPS) is 38.1. The second kappa shape index (κ2) is 3.80. The molecule has 3 nitrogen and oxygen atoms in total. The molecule has 0 aromatic carbocycles. The molecule has 0 spiro atoms. The van der Waals surface area contributed by atoms with Crippen LogP contribution in [0.25, 0.3) is 0 Å². The Labute approximate surface area is 86.4 Å². The summed E-state index contributed by atoms with van der Waals surface area (Å²) in [4.78, 5) is 2.41. The molecule has 3 heteroatoms. The standard InChI is InChI=1S/C11H21NO2/c1-9(2)14-8-11-4-5-12(3)10(11)6-13-7-11/h9-10H,4-8H2,1-3H3. The summed E-state index contributed by atoms with van der Waals surface area (Å²) in [5.74, 6) is 0. The summed E-state index contributed by atoms with van der Waals surface area (Å²) in [5.41, 5.74) is 0.291. The maximum Gasteiger partial charge on any atom is 0.0629 e. The van der Waals surface area contributed by atoms with Crippen LogP contribution in [0.3, 0.4) is 0 Å². The van der Waals surface area contributed by atoms with Gasteiger partial charge in [0.05, 0.1) is 25.9 Å². The maximum absolute atomic E-state index is 5.77. The SMILES string of the molecule is CC(C)OCC12CCN(C)C1COC2. The van der Waals surface area contributed by atoms with Gasteiger partial charge in [0, 0.05) is 11.5 Å². The fraction of sp³-hybridized carbons (Fsp3) is 1.00. The van der Waals surface area contributed by atoms with E-state index in [1.165, 1.54) is 13.0 Å². The summed E-state index contributed by atoms with van der Waals surface area (Å²) in [6.07, 6.45) is 1.55. The van der Waals surface area contributed by atoms with Crippen molar-refractivity contribution in [3.63, 3.8) is 0 Å². The van der Waals surface area contributed by atoms with E-state index in [2.05, 4.69) is 25.8 Å². The summed E-state index contributed by atoms with van der Waals surface area (Å²) in [6.45, 7) is 8.02. The summed E-state index contributed by atoms with van der Waals surface area (Å²) in [7, 11) is 2.19. The monoisotopic (exact) mass is 199 g/mol. The average molecular weight is 199 g/mol. The number of likely N-dealkylation sites (N-methyl/N-ethyl adjacent to an activating group) is 1. The smallest absolute Gasteiger partial charge is 0.0629 e. The van der Waals surface area contributed by atoms with Gasteiger partial charge in [-0.3, -0.25) is 0 Å². The molecule has 2 heterocycles. The Kier molecular flexibility index (Phi) is 2.82. The van der Waals surface area contributed by atoms with E-state index in [4.69, 9.17) is 9.47 Å². The number of fused-ring (bicyclic) bond motifs is 1. The number of ether oxygens (including phenoxy) is 2. The van der Waals surface area contributed by atoms with Gasteiger partial charge in [0.15, 0.2) is 0 Å². The van der Waals surface area contributed by atoms with Gasteiger partial charge in [-0.15, -0.1) is 0 Å². The van der Waals surface area contributed by atoms with Gasteiger partial charge < -0.3 is 14.4 Å². The first kappa shape index (κ1) is 10.4. The number of likely N-dealkylation sites (tertiary alicyclic amines) is 1. The molecular formula is C11H21NO2. The van der Waals surface area contributed by atoms with Gasteiger partial charge >= 0.3 is 0 Å². The lowest BCUT2D eigenvalue weighted by Gasteiger charge is -2.29. The van der Waals surface area contributed by atoms with E-state index in [0.717, 1.165) is 19.8 Å². The van der Waals surface area contributed by atoms with Crippen LogP contribution in [0.5, 0.6) is 0 Å². The van der Waals surface area contributed by atoms with Crippen molar-refractivity contribution < 1.29 is 9.47 Å². The molecule has 0 N–H and O–H groups in total. The van der Waals surface area contributed by atoms with Crippen molar-refractivity contribution in [2.24, 2.45) is 5.41 Å². The van der Waals surface area contributed by atoms with Crippen molar-refractivity contribution in [3.8, 4) is 0 Å². The largest absolute Gasteiger partial charge is 0.379 e. The summed E-state index contributed by atoms with van der Waals surface area (Å²) >= 11 is 0. The number of rotatable bonds is 3. The third kappa shape index (κ3) is 1.69. The van der Waals surface area contributed by atoms with E-state index in [1.807, 2.05) is 0 Å². The van der Waals surface area contributed by atoms with Gasteiger partial charge in [0.2, 0.25) is 0 Å². The number of hydrogen-bond acceptors (Lipinski definition) is 3. The zero-order valence-corrected chi connectivity index (χ0v) is 9.45. The van der Waals surface area contributed by atoms with Crippen LogP contribution in [0.15, 0.2) is 0 Å². The molecule has 2 atom stereocenters. The lowest BCUT2D eigenvalue weighted by Crippen LogP contribution is -2.40. The van der Waals surface area contributed by atoms with Crippen molar-refractivity contribution in [3.05, 3.63) is 0 Å². The first-order chi connectivity index (χ1) is 6.64. The third-order valence-corrected chi connectivity index (χ3v) is 3.57. The Hall–Kier alpha value is -0.120. The molecule has 82 valence electrons. The minimum atomic E-state index is 0.291. The summed E-state index contributed by atoms with van der Waals surface area (Å²) in [6, 6.07) is 0.584. The highest BCUT2D eigenvalue weighted by molar-refractivity contribution is 5.01. The Morgan fingerprint density at radius 1 is 1.57 bits per heavy atom. The van der Waals surface area contributed by atoms with Crippen LogP contribution in [0, 0.1) is 5.41 Å². The Morgan fingerprint density at radius 3 is 3.07 bits per heavy atom. The summed E-state index contributed by atoms with van der Waals surface area (Å²) in [5, 5.41) is 0. The maximum atomic E-state index is 5.77. The van der Waals surface area contributed by atoms with E-state index in [1.54, 1.807) is 0 Å². The zero-order valence-electron chi connectivity index (χ0n) is 9.45. The molecule has 0 aromatic rings. The fourth-order valence-corrected chi connectivity index (χ4v) is 2.58. The van der Waals surface area contributed by atoms with Crippen LogP contribution in [0.4, 0.5) is 0 Å². The van der Waals surface area contributed by atoms with Gasteiger partial charge in [-0.1, -0.05) is 0 Å². The highest BCUT2D eigenvalue weighted by Gasteiger charge is 2.50. The van der Waals surface area contributed by atoms with Crippen LogP contribution < -0.4 is 0 Å². The molecule has 0 aromatic heterocycles. The van der Waals surface area contributed by atoms with Crippen molar-refractivity contribution in [1.82, 2.24) is 4.90 Å². The molecule has 0 amide bonds. The molecule has 0 radical (unpaired) electrons. The van der Waals surface area contributed by atoms with Gasteiger partial charge in [0.1, 0.15) is 0 Å². The van der Waals surface area contributed by atoms with E-state index in [0.29, 0.717) is 17.6 Å². The first-order valence-corrected chi connectivity index (χ1v) is 5.54. The van der Waals surface area contributed by atoms with Crippen molar-refractivity contribution >= 4 is 0 Å². The highest BCUT2D eigenvalue weighted by Crippen LogP contribution is 2.41. The minimum Gasteiger partial charge on any atom is -0.379 e. The van der Waals surface area contributed by atoms with Crippen LogP contribution >= 0.6 is 0 Å². The lowest BCUT2D eigenvalue weighted by atomic mass is 9.84. The van der Waals surface area contributed by atoms with Crippen molar-refractivity contribution in [2.75, 3.05) is 33.4 Å². The van der Waals surface area contributed by atoms with Crippen LogP contribution in [-0.2, 0) is 9.47 Å². The first-order valence-electron chi connectivity index (χ1n) is 5.54. The number of hydrogen-bond donors (Lipinski definition) is 0. The predicted octanol–water partition coefficient (Wildman–Crippen LogP) is 1.13. The minimum absolute atomic E-state index is 0.291. The average Bonchev–Trinajstić information content (AvgIpc) is 2.65. The quantitative estimate of drug-likeness (QED) is 0.680. The van der Waals surface area contributed by atoms with Gasteiger partial charge in [-0.05, 0) is 33.9 Å². The molecular weight excluding hydrogens is 178 g/mol. The van der Waals surface area contributed by atoms with Gasteiger partial charge in [0.25, 0.3) is 0 Å². The molecule has 2 fully saturated rings. The predicted molar refractivity (Wildman–Crippen MR) is 55.4 cm³/mol. The van der Waals surface area contributed by atoms with E-state index >= 15 is 0 Å². The Balaban J connectivity index is 1.99. The van der Waals surface area contributed by atoms with Crippen LogP contribution in [-0.4, -0.2) is 50.5 Å². The summed E-state index contributed by atoms with van der Waals surface area (Å²) < 4.78 is 11.4. The molecule has 2 saturated heterocycles. The van der Waals surface area contributed by atoms with Crippen LogP contribution in [0.1, 0.15) is 20.3 Å². The van der Waals surface area contributed by atoms with E-state index in [-0.39, 0.29) is 0 Å². The molecule has 14 heavy (non-hydrogen) atoms. The van der Waals surface area contributed by atoms with E-state index in [9.17, 15) is 0 Å².